The zero-order valence-electron chi connectivity index (χ0n) is 18.3. The van der Waals surface area contributed by atoms with Gasteiger partial charge >= 0.3 is 6.03 Å². The van der Waals surface area contributed by atoms with E-state index in [0.717, 1.165) is 46.0 Å². The van der Waals surface area contributed by atoms with Crippen LogP contribution in [-0.4, -0.2) is 67.8 Å². The fraction of sp³-hybridized carbons (Fsp3) is 0.417. The molecule has 2 atom stereocenters. The second kappa shape index (κ2) is 8.34. The Bertz CT molecular complexity index is 1130. The lowest BCUT2D eigenvalue weighted by molar-refractivity contribution is 0.0207. The van der Waals surface area contributed by atoms with Crippen LogP contribution in [-0.2, 0) is 11.2 Å². The summed E-state index contributed by atoms with van der Waals surface area (Å²) in [5, 5.41) is 11.7. The highest BCUT2D eigenvalue weighted by molar-refractivity contribution is 7.15. The number of hydrazine groups is 1. The number of rotatable bonds is 5. The van der Waals surface area contributed by atoms with Crippen LogP contribution in [0.4, 0.5) is 10.5 Å². The van der Waals surface area contributed by atoms with E-state index in [1.54, 1.807) is 11.3 Å². The standard InChI is InChI=1S/C24H27N5O3S/c30-22(24-12-17(13-26-24)25-14-24)21-6-5-20(33-21)18-4-2-15-1-3-16(11-19(15)18)27-23(31)28-29-7-9-32-10-8-29/h1,3-6,11,17,25-26H,2,7-10,12-14H2,(H2,27,28,31)/t17-,24-/m0/s1. The van der Waals surface area contributed by atoms with Gasteiger partial charge in [-0.3, -0.25) is 10.2 Å². The van der Waals surface area contributed by atoms with Gasteiger partial charge in [0, 0.05) is 42.8 Å². The molecule has 0 saturated carbocycles. The zero-order valence-corrected chi connectivity index (χ0v) is 19.1. The lowest BCUT2D eigenvalue weighted by Crippen LogP contribution is -2.54. The van der Waals surface area contributed by atoms with Crippen LogP contribution in [0.1, 0.15) is 32.1 Å². The Kier molecular flexibility index (Phi) is 5.31. The molecule has 8 nitrogen and oxygen atoms in total. The number of carbonyl (C=O) groups is 2. The van der Waals surface area contributed by atoms with Gasteiger partial charge in [-0.15, -0.1) is 11.3 Å². The lowest BCUT2D eigenvalue weighted by atomic mass is 9.93. The van der Waals surface area contributed by atoms with Crippen LogP contribution in [0.15, 0.2) is 36.4 Å². The highest BCUT2D eigenvalue weighted by atomic mass is 32.1. The molecule has 4 N–H and O–H groups in total. The lowest BCUT2D eigenvalue weighted by Gasteiger charge is -2.26. The number of allylic oxidation sites excluding steroid dienone is 1. The van der Waals surface area contributed by atoms with Crippen molar-refractivity contribution in [1.29, 1.82) is 0 Å². The average Bonchev–Trinajstić information content (AvgIpc) is 3.62. The Balaban J connectivity index is 1.17. The van der Waals surface area contributed by atoms with Crippen LogP contribution in [0.25, 0.3) is 5.57 Å². The molecule has 0 unspecified atom stereocenters. The summed E-state index contributed by atoms with van der Waals surface area (Å²) in [5.74, 6) is 0.195. The van der Waals surface area contributed by atoms with Gasteiger partial charge in [-0.05, 0) is 53.8 Å². The highest BCUT2D eigenvalue weighted by Gasteiger charge is 2.50. The normalized spacial score (nSPS) is 26.2. The van der Waals surface area contributed by atoms with Crippen LogP contribution in [0, 0.1) is 0 Å². The Morgan fingerprint density at radius 3 is 2.82 bits per heavy atom. The van der Waals surface area contributed by atoms with Gasteiger partial charge in [-0.2, -0.15) is 0 Å². The van der Waals surface area contributed by atoms with Crippen molar-refractivity contribution in [3.63, 3.8) is 0 Å². The summed E-state index contributed by atoms with van der Waals surface area (Å²) >= 11 is 1.56. The van der Waals surface area contributed by atoms with Gasteiger partial charge in [-0.1, -0.05) is 12.1 Å². The smallest absolute Gasteiger partial charge is 0.333 e. The van der Waals surface area contributed by atoms with Crippen molar-refractivity contribution in [2.45, 2.75) is 24.4 Å². The number of urea groups is 1. The number of piperazine rings is 1. The second-order valence-corrected chi connectivity index (χ2v) is 10.2. The average molecular weight is 466 g/mol. The van der Waals surface area contributed by atoms with E-state index in [0.29, 0.717) is 38.9 Å². The number of hydrogen-bond donors (Lipinski definition) is 4. The molecule has 1 aromatic heterocycles. The number of benzene rings is 1. The van der Waals surface area contributed by atoms with Gasteiger partial charge in [0.2, 0.25) is 0 Å². The molecule has 0 spiro atoms. The molecule has 2 bridgehead atoms. The fourth-order valence-corrected chi connectivity index (χ4v) is 6.29. The molecule has 3 fully saturated rings. The fourth-order valence-electron chi connectivity index (χ4n) is 5.19. The first kappa shape index (κ1) is 21.0. The summed E-state index contributed by atoms with van der Waals surface area (Å²) in [6.45, 7) is 4.16. The van der Waals surface area contributed by atoms with Crippen LogP contribution in [0.5, 0.6) is 0 Å². The number of thiophene rings is 1. The molecule has 2 amide bonds. The number of morpholine rings is 1. The summed E-state index contributed by atoms with van der Waals surface area (Å²) in [5.41, 5.74) is 6.65. The van der Waals surface area contributed by atoms with Crippen molar-refractivity contribution in [2.24, 2.45) is 0 Å². The maximum atomic E-state index is 13.3. The van der Waals surface area contributed by atoms with Crippen molar-refractivity contribution < 1.29 is 14.3 Å². The Morgan fingerprint density at radius 2 is 2.06 bits per heavy atom. The van der Waals surface area contributed by atoms with E-state index in [4.69, 9.17) is 4.74 Å². The number of nitrogens with one attached hydrogen (secondary N) is 4. The molecule has 33 heavy (non-hydrogen) atoms. The van der Waals surface area contributed by atoms with E-state index in [1.807, 2.05) is 23.2 Å². The van der Waals surface area contributed by atoms with Gasteiger partial charge in [0.05, 0.1) is 23.6 Å². The quantitative estimate of drug-likeness (QED) is 0.505. The van der Waals surface area contributed by atoms with Gasteiger partial charge < -0.3 is 20.7 Å². The molecule has 9 heteroatoms. The summed E-state index contributed by atoms with van der Waals surface area (Å²) in [4.78, 5) is 27.6. The number of ether oxygens (including phenoxy) is 1. The minimum Gasteiger partial charge on any atom is -0.379 e. The van der Waals surface area contributed by atoms with E-state index in [2.05, 4.69) is 39.6 Å². The summed E-state index contributed by atoms with van der Waals surface area (Å²) in [6, 6.07) is 10.2. The number of fused-ring (bicyclic) bond motifs is 3. The highest BCUT2D eigenvalue weighted by Crippen LogP contribution is 2.39. The van der Waals surface area contributed by atoms with Crippen LogP contribution >= 0.6 is 11.3 Å². The first-order chi connectivity index (χ1) is 16.1. The third-order valence-electron chi connectivity index (χ3n) is 6.96. The third kappa shape index (κ3) is 3.89. The topological polar surface area (TPSA) is 94.7 Å². The maximum Gasteiger partial charge on any atom is 0.333 e. The van der Waals surface area contributed by atoms with Crippen molar-refractivity contribution in [3.05, 3.63) is 57.3 Å². The largest absolute Gasteiger partial charge is 0.379 e. The number of Topliss-reactive ketones (excluding diaryl/α,β-unsaturated/α-hetero) is 1. The minimum absolute atomic E-state index is 0.195. The number of carbonyl (C=O) groups excluding carboxylic acids is 2. The molecule has 6 rings (SSSR count). The molecule has 172 valence electrons. The van der Waals surface area contributed by atoms with Crippen LogP contribution in [0.3, 0.4) is 0 Å². The maximum absolute atomic E-state index is 13.3. The van der Waals surface area contributed by atoms with E-state index < -0.39 is 5.54 Å². The second-order valence-electron chi connectivity index (χ2n) is 9.10. The SMILES string of the molecule is O=C(Nc1ccc2c(c1)C(c1ccc(C(=O)[C@]34CN[C@H](CN3)C4)s1)=CC2)NN1CCOCC1. The van der Waals surface area contributed by atoms with Crippen LogP contribution in [0.2, 0.25) is 0 Å². The summed E-state index contributed by atoms with van der Waals surface area (Å²) in [6.07, 6.45) is 3.93. The van der Waals surface area contributed by atoms with E-state index in [9.17, 15) is 9.59 Å². The third-order valence-corrected chi connectivity index (χ3v) is 8.08. The van der Waals surface area contributed by atoms with E-state index >= 15 is 0 Å². The predicted octanol–water partition coefficient (Wildman–Crippen LogP) is 1.99. The first-order valence-corrected chi connectivity index (χ1v) is 12.3. The Morgan fingerprint density at radius 1 is 1.18 bits per heavy atom. The number of amides is 2. The van der Waals surface area contributed by atoms with Crippen molar-refractivity contribution in [1.82, 2.24) is 21.1 Å². The summed E-state index contributed by atoms with van der Waals surface area (Å²) in [7, 11) is 0. The van der Waals surface area contributed by atoms with Crippen molar-refractivity contribution >= 4 is 34.4 Å². The van der Waals surface area contributed by atoms with Gasteiger partial charge in [-0.25, -0.2) is 9.80 Å². The van der Waals surface area contributed by atoms with Gasteiger partial charge in [0.15, 0.2) is 5.78 Å². The molecule has 2 aromatic rings. The molecular formula is C24H27N5O3S. The van der Waals surface area contributed by atoms with Crippen molar-refractivity contribution in [2.75, 3.05) is 44.7 Å². The number of ketones is 1. The van der Waals surface area contributed by atoms with Crippen LogP contribution < -0.4 is 21.4 Å². The zero-order chi connectivity index (χ0) is 22.4. The summed E-state index contributed by atoms with van der Waals surface area (Å²) < 4.78 is 5.32. The van der Waals surface area contributed by atoms with Crippen molar-refractivity contribution in [3.8, 4) is 0 Å². The molecular weight excluding hydrogens is 438 g/mol. The molecule has 1 aliphatic carbocycles. The Labute approximate surface area is 196 Å². The molecule has 1 aromatic carbocycles. The van der Waals surface area contributed by atoms with Gasteiger partial charge in [0.25, 0.3) is 0 Å². The molecule has 3 saturated heterocycles. The number of anilines is 1. The Hall–Kier alpha value is -2.56. The van der Waals surface area contributed by atoms with E-state index in [1.165, 1.54) is 5.56 Å². The molecule has 4 aliphatic rings. The van der Waals surface area contributed by atoms with Gasteiger partial charge in [0.1, 0.15) is 0 Å². The number of nitrogens with zero attached hydrogens (tertiary/aromatic N) is 1. The minimum atomic E-state index is -0.445. The monoisotopic (exact) mass is 465 g/mol. The first-order valence-electron chi connectivity index (χ1n) is 11.5. The molecule has 0 radical (unpaired) electrons. The molecule has 3 aliphatic heterocycles. The van der Waals surface area contributed by atoms with E-state index in [-0.39, 0.29) is 11.8 Å². The predicted molar refractivity (Wildman–Crippen MR) is 128 cm³/mol. The number of hydrogen-bond acceptors (Lipinski definition) is 7. The molecule has 4 heterocycles.